The van der Waals surface area contributed by atoms with Crippen LogP contribution in [-0.4, -0.2) is 53.0 Å². The Hall–Kier alpha value is -2.21. The summed E-state index contributed by atoms with van der Waals surface area (Å²) in [6, 6.07) is 9.16. The molecule has 1 N–H and O–H groups in total. The molecule has 1 aromatic carbocycles. The van der Waals surface area contributed by atoms with Crippen LogP contribution in [0.3, 0.4) is 0 Å². The number of aryl methyl sites for hydroxylation is 2. The monoisotopic (exact) mass is 478 g/mol. The maximum absolute atomic E-state index is 13.1. The van der Waals surface area contributed by atoms with Crippen molar-refractivity contribution in [2.24, 2.45) is 0 Å². The zero-order chi connectivity index (χ0) is 22.0. The number of carbonyl (C=O) groups excluding carboxylic acids is 1. The third-order valence-corrected chi connectivity index (χ3v) is 9.15. The van der Waals surface area contributed by atoms with E-state index in [1.807, 2.05) is 35.7 Å². The van der Waals surface area contributed by atoms with E-state index in [2.05, 4.69) is 15.5 Å². The average Bonchev–Trinajstić information content (AvgIpc) is 3.49. The fraction of sp³-hybridized carbons (Fsp3) is 0.350. The van der Waals surface area contributed by atoms with E-state index in [0.29, 0.717) is 24.4 Å². The standard InChI is InChI=1S/C20H22N4O4S3/c1-13-18(14(2)28-23-13)31(26,27)24-12-29-11-17(24)19(25)21-9-8-16-10-30-20(22-16)15-6-4-3-5-7-15/h3-7,10,17H,8-9,11-12H2,1-2H3,(H,21,25). The molecule has 3 aromatic rings. The van der Waals surface area contributed by atoms with E-state index in [0.717, 1.165) is 16.3 Å². The summed E-state index contributed by atoms with van der Waals surface area (Å²) in [4.78, 5) is 17.4. The summed E-state index contributed by atoms with van der Waals surface area (Å²) in [5.74, 6) is 0.547. The number of aromatic nitrogens is 2. The van der Waals surface area contributed by atoms with Gasteiger partial charge in [0.05, 0.1) is 11.6 Å². The Balaban J connectivity index is 1.38. The minimum absolute atomic E-state index is 0.0451. The predicted octanol–water partition coefficient (Wildman–Crippen LogP) is 2.84. The predicted molar refractivity (Wildman–Crippen MR) is 120 cm³/mol. The Bertz CT molecular complexity index is 1150. The van der Waals surface area contributed by atoms with Crippen LogP contribution in [-0.2, 0) is 21.2 Å². The van der Waals surface area contributed by atoms with Crippen molar-refractivity contribution in [2.45, 2.75) is 31.2 Å². The van der Waals surface area contributed by atoms with Crippen LogP contribution in [0.15, 0.2) is 45.1 Å². The molecule has 0 aliphatic carbocycles. The van der Waals surface area contributed by atoms with Crippen LogP contribution in [0.25, 0.3) is 10.6 Å². The van der Waals surface area contributed by atoms with Crippen molar-refractivity contribution in [2.75, 3.05) is 18.2 Å². The molecule has 1 saturated heterocycles. The molecule has 0 saturated carbocycles. The van der Waals surface area contributed by atoms with Gasteiger partial charge in [0.15, 0.2) is 5.76 Å². The number of sulfonamides is 1. The summed E-state index contributed by atoms with van der Waals surface area (Å²) in [6.07, 6.45) is 0.575. The number of nitrogens with one attached hydrogen (secondary N) is 1. The lowest BCUT2D eigenvalue weighted by molar-refractivity contribution is -0.123. The topological polar surface area (TPSA) is 105 Å². The van der Waals surface area contributed by atoms with Gasteiger partial charge in [-0.25, -0.2) is 13.4 Å². The highest BCUT2D eigenvalue weighted by Gasteiger charge is 2.42. The van der Waals surface area contributed by atoms with Crippen LogP contribution < -0.4 is 5.32 Å². The maximum Gasteiger partial charge on any atom is 0.249 e. The van der Waals surface area contributed by atoms with Crippen molar-refractivity contribution in [3.8, 4) is 10.6 Å². The molecular weight excluding hydrogens is 456 g/mol. The van der Waals surface area contributed by atoms with Gasteiger partial charge in [0.2, 0.25) is 15.9 Å². The molecule has 31 heavy (non-hydrogen) atoms. The first-order valence-corrected chi connectivity index (χ1v) is 13.2. The van der Waals surface area contributed by atoms with E-state index in [-0.39, 0.29) is 22.4 Å². The summed E-state index contributed by atoms with van der Waals surface area (Å²) in [6.45, 7) is 3.53. The van der Waals surface area contributed by atoms with Gasteiger partial charge in [0.1, 0.15) is 21.6 Å². The molecule has 0 radical (unpaired) electrons. The number of hydrogen-bond donors (Lipinski definition) is 1. The zero-order valence-corrected chi connectivity index (χ0v) is 19.5. The third-order valence-electron chi connectivity index (χ3n) is 4.93. The molecule has 1 amide bonds. The van der Waals surface area contributed by atoms with Crippen molar-refractivity contribution in [1.82, 2.24) is 19.8 Å². The largest absolute Gasteiger partial charge is 0.360 e. The maximum atomic E-state index is 13.1. The van der Waals surface area contributed by atoms with Crippen molar-refractivity contribution < 1.29 is 17.7 Å². The molecule has 0 bridgehead atoms. The normalized spacial score (nSPS) is 17.2. The lowest BCUT2D eigenvalue weighted by atomic mass is 10.2. The Morgan fingerprint density at radius 3 is 2.77 bits per heavy atom. The van der Waals surface area contributed by atoms with Gasteiger partial charge < -0.3 is 9.84 Å². The van der Waals surface area contributed by atoms with Gasteiger partial charge in [0, 0.05) is 29.7 Å². The molecule has 0 spiro atoms. The molecule has 1 aliphatic rings. The number of carbonyl (C=O) groups is 1. The molecular formula is C20H22N4O4S3. The molecule has 4 rings (SSSR count). The average molecular weight is 479 g/mol. The highest BCUT2D eigenvalue weighted by atomic mass is 32.2. The number of thioether (sulfide) groups is 1. The minimum atomic E-state index is -3.87. The first-order chi connectivity index (χ1) is 14.9. The zero-order valence-electron chi connectivity index (χ0n) is 17.1. The second-order valence-corrected chi connectivity index (χ2v) is 10.8. The van der Waals surface area contributed by atoms with Gasteiger partial charge >= 0.3 is 0 Å². The summed E-state index contributed by atoms with van der Waals surface area (Å²) in [7, 11) is -3.87. The van der Waals surface area contributed by atoms with Crippen molar-refractivity contribution >= 4 is 39.0 Å². The van der Waals surface area contributed by atoms with Crippen LogP contribution in [0.1, 0.15) is 17.1 Å². The fourth-order valence-corrected chi connectivity index (χ4v) is 7.70. The van der Waals surface area contributed by atoms with Gasteiger partial charge in [-0.2, -0.15) is 4.31 Å². The first-order valence-electron chi connectivity index (χ1n) is 9.68. The van der Waals surface area contributed by atoms with Crippen LogP contribution in [0.5, 0.6) is 0 Å². The fourth-order valence-electron chi connectivity index (χ4n) is 3.40. The molecule has 8 nitrogen and oxygen atoms in total. The highest BCUT2D eigenvalue weighted by molar-refractivity contribution is 8.00. The molecule has 164 valence electrons. The van der Waals surface area contributed by atoms with Gasteiger partial charge in [0.25, 0.3) is 0 Å². The van der Waals surface area contributed by atoms with Gasteiger partial charge in [-0.1, -0.05) is 35.5 Å². The van der Waals surface area contributed by atoms with Gasteiger partial charge in [-0.05, 0) is 13.8 Å². The Morgan fingerprint density at radius 1 is 1.29 bits per heavy atom. The van der Waals surface area contributed by atoms with E-state index >= 15 is 0 Å². The smallest absolute Gasteiger partial charge is 0.249 e. The van der Waals surface area contributed by atoms with Crippen LogP contribution in [0.4, 0.5) is 0 Å². The summed E-state index contributed by atoms with van der Waals surface area (Å²) >= 11 is 2.97. The number of thiazole rings is 1. The molecule has 3 heterocycles. The van der Waals surface area contributed by atoms with Crippen LogP contribution >= 0.6 is 23.1 Å². The molecule has 1 fully saturated rings. The second kappa shape index (κ2) is 9.11. The number of benzene rings is 1. The lowest BCUT2D eigenvalue weighted by Gasteiger charge is -2.22. The van der Waals surface area contributed by atoms with Crippen molar-refractivity contribution in [3.05, 3.63) is 52.9 Å². The molecule has 1 atom stereocenters. The molecule has 1 aliphatic heterocycles. The van der Waals surface area contributed by atoms with E-state index in [4.69, 9.17) is 4.52 Å². The van der Waals surface area contributed by atoms with E-state index in [1.54, 1.807) is 25.2 Å². The SMILES string of the molecule is Cc1noc(C)c1S(=O)(=O)N1CSCC1C(=O)NCCc1csc(-c2ccccc2)n1. The second-order valence-electron chi connectivity index (χ2n) is 7.11. The van der Waals surface area contributed by atoms with Crippen LogP contribution in [0.2, 0.25) is 0 Å². The number of rotatable bonds is 7. The van der Waals surface area contributed by atoms with E-state index in [1.165, 1.54) is 16.1 Å². The quantitative estimate of drug-likeness (QED) is 0.557. The van der Waals surface area contributed by atoms with Gasteiger partial charge in [-0.15, -0.1) is 23.1 Å². The minimum Gasteiger partial charge on any atom is -0.360 e. The van der Waals surface area contributed by atoms with E-state index < -0.39 is 16.1 Å². The Labute approximate surface area is 189 Å². The molecule has 1 unspecified atom stereocenters. The third kappa shape index (κ3) is 4.54. The first kappa shape index (κ1) is 22.0. The van der Waals surface area contributed by atoms with E-state index in [9.17, 15) is 13.2 Å². The highest BCUT2D eigenvalue weighted by Crippen LogP contribution is 2.31. The summed E-state index contributed by atoms with van der Waals surface area (Å²) < 4.78 is 32.5. The number of nitrogens with zero attached hydrogens (tertiary/aromatic N) is 3. The van der Waals surface area contributed by atoms with Crippen molar-refractivity contribution in [3.63, 3.8) is 0 Å². The number of amides is 1. The Morgan fingerprint density at radius 2 is 2.06 bits per heavy atom. The Kier molecular flexibility index (Phi) is 6.47. The molecule has 11 heteroatoms. The lowest BCUT2D eigenvalue weighted by Crippen LogP contribution is -2.47. The van der Waals surface area contributed by atoms with Crippen LogP contribution in [0, 0.1) is 13.8 Å². The number of hydrogen-bond acceptors (Lipinski definition) is 8. The van der Waals surface area contributed by atoms with Crippen molar-refractivity contribution in [1.29, 1.82) is 0 Å². The van der Waals surface area contributed by atoms with Gasteiger partial charge in [-0.3, -0.25) is 4.79 Å². The summed E-state index contributed by atoms with van der Waals surface area (Å²) in [5.41, 5.74) is 2.25. The molecule has 2 aromatic heterocycles. The summed E-state index contributed by atoms with van der Waals surface area (Å²) in [5, 5.41) is 9.52.